The number of ether oxygens (including phenoxy) is 1. The second kappa shape index (κ2) is 8.29. The number of aromatic amines is 1. The fourth-order valence-corrected chi connectivity index (χ4v) is 4.22. The highest BCUT2D eigenvalue weighted by molar-refractivity contribution is 7.89. The van der Waals surface area contributed by atoms with E-state index >= 15 is 0 Å². The summed E-state index contributed by atoms with van der Waals surface area (Å²) in [5, 5.41) is 0. The number of H-pyrrole nitrogens is 1. The number of carbonyl (C=O) groups excluding carboxylic acids is 2. The van der Waals surface area contributed by atoms with Crippen LogP contribution in [0.3, 0.4) is 0 Å². The van der Waals surface area contributed by atoms with Gasteiger partial charge in [0.2, 0.25) is 10.0 Å². The molecule has 0 spiro atoms. The number of sulfonamides is 1. The van der Waals surface area contributed by atoms with E-state index in [9.17, 15) is 26.8 Å². The van der Waals surface area contributed by atoms with Gasteiger partial charge in [0.15, 0.2) is 0 Å². The SMILES string of the molecule is COC(=O)C(NS(=O)(=O)c1c[nH]c(C(=O)N2CCCC2)c1)c1cc(F)ccc1F. The summed E-state index contributed by atoms with van der Waals surface area (Å²) in [5.74, 6) is -3.30. The number of amides is 1. The van der Waals surface area contributed by atoms with E-state index in [1.165, 1.54) is 0 Å². The zero-order chi connectivity index (χ0) is 21.2. The number of esters is 1. The first-order chi connectivity index (χ1) is 13.7. The van der Waals surface area contributed by atoms with Gasteiger partial charge in [0.1, 0.15) is 28.3 Å². The topological polar surface area (TPSA) is 109 Å². The largest absolute Gasteiger partial charge is 0.468 e. The molecule has 0 aliphatic carbocycles. The molecule has 0 bridgehead atoms. The Morgan fingerprint density at radius 3 is 2.55 bits per heavy atom. The van der Waals surface area contributed by atoms with Gasteiger partial charge in [-0.2, -0.15) is 4.72 Å². The minimum atomic E-state index is -4.37. The Labute approximate surface area is 165 Å². The van der Waals surface area contributed by atoms with Crippen LogP contribution in [0.1, 0.15) is 34.9 Å². The number of halogens is 2. The summed E-state index contributed by atoms with van der Waals surface area (Å²) in [6, 6.07) is 1.63. The molecule has 1 atom stereocenters. The molecule has 1 fully saturated rings. The number of carbonyl (C=O) groups is 2. The lowest BCUT2D eigenvalue weighted by molar-refractivity contribution is -0.142. The minimum absolute atomic E-state index is 0.0684. The number of hydrogen-bond donors (Lipinski definition) is 2. The minimum Gasteiger partial charge on any atom is -0.468 e. The molecule has 11 heteroatoms. The quantitative estimate of drug-likeness (QED) is 0.683. The maximum Gasteiger partial charge on any atom is 0.328 e. The monoisotopic (exact) mass is 427 g/mol. The Balaban J connectivity index is 1.88. The fraction of sp³-hybridized carbons (Fsp3) is 0.333. The number of aromatic nitrogens is 1. The third-order valence-electron chi connectivity index (χ3n) is 4.57. The number of hydrogen-bond acceptors (Lipinski definition) is 5. The first-order valence-electron chi connectivity index (χ1n) is 8.75. The van der Waals surface area contributed by atoms with Crippen LogP contribution in [0.5, 0.6) is 0 Å². The van der Waals surface area contributed by atoms with E-state index in [2.05, 4.69) is 9.72 Å². The van der Waals surface area contributed by atoms with Crippen molar-refractivity contribution >= 4 is 21.9 Å². The third-order valence-corrected chi connectivity index (χ3v) is 5.97. The van der Waals surface area contributed by atoms with Crippen molar-refractivity contribution in [3.05, 3.63) is 53.4 Å². The van der Waals surface area contributed by atoms with Crippen molar-refractivity contribution in [2.45, 2.75) is 23.8 Å². The molecule has 2 aromatic rings. The molecule has 1 aromatic heterocycles. The van der Waals surface area contributed by atoms with Gasteiger partial charge in [-0.15, -0.1) is 0 Å². The van der Waals surface area contributed by atoms with Gasteiger partial charge in [-0.1, -0.05) is 0 Å². The van der Waals surface area contributed by atoms with Crippen LogP contribution < -0.4 is 4.72 Å². The second-order valence-corrected chi connectivity index (χ2v) is 8.21. The fourth-order valence-electron chi connectivity index (χ4n) is 3.06. The van der Waals surface area contributed by atoms with E-state index in [1.807, 2.05) is 4.72 Å². The van der Waals surface area contributed by atoms with Crippen LogP contribution in [0.15, 0.2) is 35.4 Å². The smallest absolute Gasteiger partial charge is 0.328 e. The molecule has 1 aliphatic heterocycles. The Kier molecular flexibility index (Phi) is 5.99. The van der Waals surface area contributed by atoms with Gasteiger partial charge in [0, 0.05) is 24.8 Å². The number of nitrogens with zero attached hydrogens (tertiary/aromatic N) is 1. The lowest BCUT2D eigenvalue weighted by Crippen LogP contribution is -2.35. The first kappa shape index (κ1) is 20.9. The molecule has 0 radical (unpaired) electrons. The molecule has 2 heterocycles. The highest BCUT2D eigenvalue weighted by Crippen LogP contribution is 2.23. The number of methoxy groups -OCH3 is 1. The molecule has 3 rings (SSSR count). The van der Waals surface area contributed by atoms with Gasteiger partial charge in [-0.25, -0.2) is 22.0 Å². The summed E-state index contributed by atoms with van der Waals surface area (Å²) in [4.78, 5) is 28.3. The summed E-state index contributed by atoms with van der Waals surface area (Å²) in [6.07, 6.45) is 2.83. The second-order valence-electron chi connectivity index (χ2n) is 6.49. The zero-order valence-corrected chi connectivity index (χ0v) is 16.3. The van der Waals surface area contributed by atoms with E-state index in [1.54, 1.807) is 4.90 Å². The van der Waals surface area contributed by atoms with Crippen molar-refractivity contribution in [3.63, 3.8) is 0 Å². The molecular formula is C18H19F2N3O5S. The summed E-state index contributed by atoms with van der Waals surface area (Å²) in [7, 11) is -3.38. The van der Waals surface area contributed by atoms with Gasteiger partial charge in [0.25, 0.3) is 5.91 Å². The van der Waals surface area contributed by atoms with E-state index in [4.69, 9.17) is 0 Å². The van der Waals surface area contributed by atoms with Crippen molar-refractivity contribution in [2.24, 2.45) is 0 Å². The van der Waals surface area contributed by atoms with E-state index in [-0.39, 0.29) is 16.5 Å². The van der Waals surface area contributed by atoms with Crippen molar-refractivity contribution in [1.29, 1.82) is 0 Å². The summed E-state index contributed by atoms with van der Waals surface area (Å²) in [6.45, 7) is 1.17. The van der Waals surface area contributed by atoms with Gasteiger partial charge in [-0.3, -0.25) is 4.79 Å². The predicted molar refractivity (Wildman–Crippen MR) is 97.4 cm³/mol. The van der Waals surface area contributed by atoms with Crippen LogP contribution in [0.4, 0.5) is 8.78 Å². The lowest BCUT2D eigenvalue weighted by atomic mass is 10.1. The number of rotatable bonds is 6. The molecule has 1 aliphatic rings. The average Bonchev–Trinajstić information content (AvgIpc) is 3.39. The van der Waals surface area contributed by atoms with Gasteiger partial charge < -0.3 is 14.6 Å². The highest BCUT2D eigenvalue weighted by Gasteiger charge is 2.32. The van der Waals surface area contributed by atoms with Gasteiger partial charge in [0.05, 0.1) is 7.11 Å². The van der Waals surface area contributed by atoms with Crippen molar-refractivity contribution in [1.82, 2.24) is 14.6 Å². The molecule has 0 saturated carbocycles. The van der Waals surface area contributed by atoms with Crippen LogP contribution in [0, 0.1) is 11.6 Å². The predicted octanol–water partition coefficient (Wildman–Crippen LogP) is 1.72. The van der Waals surface area contributed by atoms with Crippen molar-refractivity contribution in [3.8, 4) is 0 Å². The molecule has 29 heavy (non-hydrogen) atoms. The Morgan fingerprint density at radius 2 is 1.90 bits per heavy atom. The maximum atomic E-state index is 14.1. The van der Waals surface area contributed by atoms with Crippen molar-refractivity contribution in [2.75, 3.05) is 20.2 Å². The van der Waals surface area contributed by atoms with Gasteiger partial charge >= 0.3 is 5.97 Å². The van der Waals surface area contributed by atoms with Crippen LogP contribution in [-0.4, -0.2) is 50.4 Å². The molecule has 8 nitrogen and oxygen atoms in total. The Bertz CT molecular complexity index is 1030. The molecule has 156 valence electrons. The maximum absolute atomic E-state index is 14.1. The normalized spacial score (nSPS) is 15.3. The van der Waals surface area contributed by atoms with E-state index in [0.29, 0.717) is 19.2 Å². The van der Waals surface area contributed by atoms with E-state index < -0.39 is 39.2 Å². The summed E-state index contributed by atoms with van der Waals surface area (Å²) >= 11 is 0. The van der Waals surface area contributed by atoms with Crippen molar-refractivity contribution < 1.29 is 31.5 Å². The third kappa shape index (κ3) is 4.46. The number of nitrogens with one attached hydrogen (secondary N) is 2. The summed E-state index contributed by atoms with van der Waals surface area (Å²) < 4.78 is 59.6. The van der Waals surface area contributed by atoms with Crippen LogP contribution in [-0.2, 0) is 19.6 Å². The molecular weight excluding hydrogens is 408 g/mol. The number of benzene rings is 1. The van der Waals surface area contributed by atoms with Gasteiger partial charge in [-0.05, 0) is 37.1 Å². The molecule has 1 saturated heterocycles. The molecule has 2 N–H and O–H groups in total. The average molecular weight is 427 g/mol. The summed E-state index contributed by atoms with van der Waals surface area (Å²) in [5.41, 5.74) is -0.455. The molecule has 1 unspecified atom stereocenters. The molecule has 1 aromatic carbocycles. The number of likely N-dealkylation sites (tertiary alicyclic amines) is 1. The molecule has 1 amide bonds. The van der Waals surface area contributed by atoms with E-state index in [0.717, 1.165) is 44.3 Å². The lowest BCUT2D eigenvalue weighted by Gasteiger charge is -2.17. The zero-order valence-electron chi connectivity index (χ0n) is 15.4. The van der Waals surface area contributed by atoms with Crippen LogP contribution in [0.2, 0.25) is 0 Å². The van der Waals surface area contributed by atoms with Crippen LogP contribution in [0.25, 0.3) is 0 Å². The highest BCUT2D eigenvalue weighted by atomic mass is 32.2. The standard InChI is InChI=1S/C18H19F2N3O5S/c1-28-18(25)16(13-8-11(19)4-5-14(13)20)22-29(26,27)12-9-15(21-10-12)17(24)23-6-2-3-7-23/h4-5,8-10,16,21-22H,2-3,6-7H2,1H3. The first-order valence-corrected chi connectivity index (χ1v) is 10.2. The Hall–Kier alpha value is -2.79. The van der Waals surface area contributed by atoms with Crippen LogP contribution >= 0.6 is 0 Å². The Morgan fingerprint density at radius 1 is 1.21 bits per heavy atom.